The van der Waals surface area contributed by atoms with Crippen molar-refractivity contribution < 1.29 is 9.59 Å². The van der Waals surface area contributed by atoms with Crippen LogP contribution < -0.4 is 10.6 Å². The molecule has 15 heavy (non-hydrogen) atoms. The zero-order valence-electron chi connectivity index (χ0n) is 9.82. The minimum absolute atomic E-state index is 0.460. The van der Waals surface area contributed by atoms with Crippen molar-refractivity contribution in [2.45, 2.75) is 27.2 Å². The highest BCUT2D eigenvalue weighted by Crippen LogP contribution is 2.22. The minimum atomic E-state index is 0.460. The molecule has 0 radical (unpaired) electrons. The van der Waals surface area contributed by atoms with Crippen molar-refractivity contribution in [3.05, 3.63) is 0 Å². The number of hydrogen-bond donors (Lipinski definition) is 2. The summed E-state index contributed by atoms with van der Waals surface area (Å²) in [6.07, 6.45) is 2.45. The molecule has 0 aliphatic heterocycles. The van der Waals surface area contributed by atoms with E-state index in [1.54, 1.807) is 0 Å². The van der Waals surface area contributed by atoms with Gasteiger partial charge in [-0.15, -0.1) is 0 Å². The van der Waals surface area contributed by atoms with Crippen LogP contribution in [0.2, 0.25) is 0 Å². The van der Waals surface area contributed by atoms with Crippen molar-refractivity contribution in [3.8, 4) is 0 Å². The van der Waals surface area contributed by atoms with Crippen molar-refractivity contribution in [1.29, 1.82) is 0 Å². The molecule has 4 heteroatoms. The molecule has 0 bridgehead atoms. The molecule has 0 aliphatic carbocycles. The first kappa shape index (κ1) is 13.9. The number of hydrogen-bond acceptors (Lipinski definition) is 2. The van der Waals surface area contributed by atoms with Crippen molar-refractivity contribution in [2.75, 3.05) is 13.1 Å². The normalized spacial score (nSPS) is 16.2. The topological polar surface area (TPSA) is 58.2 Å². The first-order valence-electron chi connectivity index (χ1n) is 5.47. The first-order valence-corrected chi connectivity index (χ1v) is 5.47. The molecular formula is C11H22N2O2. The van der Waals surface area contributed by atoms with Crippen LogP contribution in [-0.2, 0) is 9.59 Å². The summed E-state index contributed by atoms with van der Waals surface area (Å²) < 4.78 is 0. The van der Waals surface area contributed by atoms with Gasteiger partial charge in [0.1, 0.15) is 0 Å². The maximum absolute atomic E-state index is 10.2. The van der Waals surface area contributed by atoms with E-state index in [0.29, 0.717) is 17.8 Å². The van der Waals surface area contributed by atoms with E-state index in [-0.39, 0.29) is 0 Å². The van der Waals surface area contributed by atoms with Crippen LogP contribution in [0.15, 0.2) is 0 Å². The van der Waals surface area contributed by atoms with E-state index in [4.69, 9.17) is 0 Å². The lowest BCUT2D eigenvalue weighted by Gasteiger charge is -2.25. The molecule has 0 aromatic rings. The van der Waals surface area contributed by atoms with Crippen molar-refractivity contribution >= 4 is 12.8 Å². The Morgan fingerprint density at radius 1 is 1.00 bits per heavy atom. The van der Waals surface area contributed by atoms with E-state index >= 15 is 0 Å². The predicted octanol–water partition coefficient (Wildman–Crippen LogP) is 0.777. The van der Waals surface area contributed by atoms with Gasteiger partial charge in [0.25, 0.3) is 0 Å². The Balaban J connectivity index is 3.78. The van der Waals surface area contributed by atoms with Crippen LogP contribution in [0.1, 0.15) is 27.2 Å². The Hall–Kier alpha value is -1.06. The second-order valence-corrected chi connectivity index (χ2v) is 4.20. The third-order valence-corrected chi connectivity index (χ3v) is 3.15. The lowest BCUT2D eigenvalue weighted by molar-refractivity contribution is -0.110. The average molecular weight is 214 g/mol. The number of rotatable bonds is 9. The molecular weight excluding hydrogens is 192 g/mol. The summed E-state index contributed by atoms with van der Waals surface area (Å²) in [5, 5.41) is 5.36. The highest BCUT2D eigenvalue weighted by molar-refractivity contribution is 5.46. The smallest absolute Gasteiger partial charge is 0.207 e. The van der Waals surface area contributed by atoms with E-state index in [9.17, 15) is 9.59 Å². The van der Waals surface area contributed by atoms with Crippen LogP contribution in [-0.4, -0.2) is 25.9 Å². The molecule has 0 saturated carbocycles. The highest BCUT2D eigenvalue weighted by Gasteiger charge is 2.18. The molecule has 0 heterocycles. The molecule has 0 aromatic heterocycles. The van der Waals surface area contributed by atoms with Gasteiger partial charge in [0.15, 0.2) is 0 Å². The Morgan fingerprint density at radius 3 is 2.13 bits per heavy atom. The van der Waals surface area contributed by atoms with E-state index < -0.39 is 0 Å². The first-order chi connectivity index (χ1) is 7.13. The second kappa shape index (κ2) is 8.26. The number of carbonyl (C=O) groups is 2. The molecule has 2 amide bonds. The number of amides is 2. The molecule has 0 saturated heterocycles. The summed E-state index contributed by atoms with van der Waals surface area (Å²) in [5.41, 5.74) is 0. The Morgan fingerprint density at radius 2 is 1.60 bits per heavy atom. The van der Waals surface area contributed by atoms with Gasteiger partial charge in [-0.2, -0.15) is 0 Å². The lowest BCUT2D eigenvalue weighted by Crippen LogP contribution is -2.28. The zero-order valence-corrected chi connectivity index (χ0v) is 9.82. The summed E-state index contributed by atoms with van der Waals surface area (Å²) in [6, 6.07) is 0. The van der Waals surface area contributed by atoms with E-state index in [1.165, 1.54) is 0 Å². The van der Waals surface area contributed by atoms with E-state index in [1.807, 2.05) is 0 Å². The lowest BCUT2D eigenvalue weighted by atomic mass is 9.83. The molecule has 2 N–H and O–H groups in total. The van der Waals surface area contributed by atoms with E-state index in [0.717, 1.165) is 32.3 Å². The van der Waals surface area contributed by atoms with Crippen molar-refractivity contribution in [1.82, 2.24) is 10.6 Å². The average Bonchev–Trinajstić information content (AvgIpc) is 2.24. The predicted molar refractivity (Wildman–Crippen MR) is 60.2 cm³/mol. The maximum atomic E-state index is 10.2. The van der Waals surface area contributed by atoms with Gasteiger partial charge in [-0.25, -0.2) is 0 Å². The molecule has 3 unspecified atom stereocenters. The molecule has 4 nitrogen and oxygen atoms in total. The molecule has 0 aliphatic rings. The van der Waals surface area contributed by atoms with E-state index in [2.05, 4.69) is 31.4 Å². The molecule has 3 atom stereocenters. The van der Waals surface area contributed by atoms with Gasteiger partial charge in [-0.3, -0.25) is 9.59 Å². The van der Waals surface area contributed by atoms with Crippen molar-refractivity contribution in [3.63, 3.8) is 0 Å². The zero-order chi connectivity index (χ0) is 11.7. The third-order valence-electron chi connectivity index (χ3n) is 3.15. The highest BCUT2D eigenvalue weighted by atomic mass is 16.1. The molecule has 88 valence electrons. The largest absolute Gasteiger partial charge is 0.359 e. The number of carbonyl (C=O) groups excluding carboxylic acids is 2. The monoisotopic (exact) mass is 214 g/mol. The van der Waals surface area contributed by atoms with Crippen LogP contribution >= 0.6 is 0 Å². The van der Waals surface area contributed by atoms with Gasteiger partial charge < -0.3 is 10.6 Å². The van der Waals surface area contributed by atoms with Gasteiger partial charge in [-0.05, 0) is 24.2 Å². The fourth-order valence-corrected chi connectivity index (χ4v) is 1.61. The Bertz CT molecular complexity index is 185. The standard InChI is InChI=1S/C11H22N2O2/c1-9(4-5-12-7-14)11(3)10(2)6-13-8-15/h7-11H,4-6H2,1-3H3,(H,12,14)(H,13,15). The molecule has 0 spiro atoms. The summed E-state index contributed by atoms with van der Waals surface area (Å²) in [4.78, 5) is 20.2. The molecule has 0 fully saturated rings. The Labute approximate surface area is 91.8 Å². The van der Waals surface area contributed by atoms with Crippen LogP contribution in [0.25, 0.3) is 0 Å². The van der Waals surface area contributed by atoms with Crippen LogP contribution in [0, 0.1) is 17.8 Å². The van der Waals surface area contributed by atoms with Gasteiger partial charge in [0.2, 0.25) is 12.8 Å². The van der Waals surface area contributed by atoms with Gasteiger partial charge in [0, 0.05) is 13.1 Å². The quantitative estimate of drug-likeness (QED) is 0.440. The van der Waals surface area contributed by atoms with Crippen LogP contribution in [0.4, 0.5) is 0 Å². The molecule has 0 rings (SSSR count). The Kier molecular flexibility index (Phi) is 7.68. The van der Waals surface area contributed by atoms with Gasteiger partial charge >= 0.3 is 0 Å². The SMILES string of the molecule is CC(CCNC=O)C(C)C(C)CNC=O. The fourth-order valence-electron chi connectivity index (χ4n) is 1.61. The van der Waals surface area contributed by atoms with Gasteiger partial charge in [0.05, 0.1) is 0 Å². The van der Waals surface area contributed by atoms with Crippen LogP contribution in [0.5, 0.6) is 0 Å². The van der Waals surface area contributed by atoms with Crippen molar-refractivity contribution in [2.24, 2.45) is 17.8 Å². The summed E-state index contributed by atoms with van der Waals surface area (Å²) in [5.74, 6) is 1.54. The maximum Gasteiger partial charge on any atom is 0.207 e. The van der Waals surface area contributed by atoms with Gasteiger partial charge in [-0.1, -0.05) is 20.8 Å². The fraction of sp³-hybridized carbons (Fsp3) is 0.818. The molecule has 0 aromatic carbocycles. The third kappa shape index (κ3) is 6.10. The summed E-state index contributed by atoms with van der Waals surface area (Å²) >= 11 is 0. The summed E-state index contributed by atoms with van der Waals surface area (Å²) in [6.45, 7) is 7.93. The summed E-state index contributed by atoms with van der Waals surface area (Å²) in [7, 11) is 0. The number of nitrogens with one attached hydrogen (secondary N) is 2. The van der Waals surface area contributed by atoms with Crippen LogP contribution in [0.3, 0.4) is 0 Å². The minimum Gasteiger partial charge on any atom is -0.359 e. The second-order valence-electron chi connectivity index (χ2n) is 4.20.